The maximum absolute atomic E-state index is 9.28. The summed E-state index contributed by atoms with van der Waals surface area (Å²) in [6.07, 6.45) is 5.13. The third kappa shape index (κ3) is 3.05. The van der Waals surface area contributed by atoms with Gasteiger partial charge >= 0.3 is 0 Å². The molecule has 1 aliphatic heterocycles. The summed E-state index contributed by atoms with van der Waals surface area (Å²) in [5.74, 6) is 0. The average molecular weight is 309 g/mol. The zero-order chi connectivity index (χ0) is 15.0. The maximum Gasteiger partial charge on any atom is 0.0696 e. The third-order valence-electron chi connectivity index (χ3n) is 4.81. The summed E-state index contributed by atoms with van der Waals surface area (Å²) in [6, 6.07) is 7.19. The van der Waals surface area contributed by atoms with Crippen molar-refractivity contribution in [2.75, 3.05) is 11.4 Å². The molecule has 1 aromatic carbocycles. The number of aliphatic hydroxyl groups excluding tert-OH is 1. The number of hydrogen-bond donors (Lipinski definition) is 2. The first-order chi connectivity index (χ1) is 10.00. The van der Waals surface area contributed by atoms with Crippen LogP contribution >= 0.6 is 11.6 Å². The van der Waals surface area contributed by atoms with Crippen molar-refractivity contribution < 1.29 is 5.11 Å². The lowest BCUT2D eigenvalue weighted by atomic mass is 9.83. The number of rotatable bonds is 2. The van der Waals surface area contributed by atoms with Crippen LogP contribution in [0.1, 0.15) is 45.1 Å². The molecule has 116 valence electrons. The molecule has 0 bridgehead atoms. The van der Waals surface area contributed by atoms with Crippen LogP contribution in [0.3, 0.4) is 0 Å². The third-order valence-corrected chi connectivity index (χ3v) is 5.16. The molecule has 3 nitrogen and oxygen atoms in total. The van der Waals surface area contributed by atoms with Gasteiger partial charge in [-0.3, -0.25) is 0 Å². The van der Waals surface area contributed by atoms with Gasteiger partial charge in [-0.15, -0.1) is 0 Å². The predicted octanol–water partition coefficient (Wildman–Crippen LogP) is 3.33. The number of fused-ring (bicyclic) bond motifs is 1. The smallest absolute Gasteiger partial charge is 0.0696 e. The molecule has 1 aliphatic carbocycles. The van der Waals surface area contributed by atoms with E-state index in [1.54, 1.807) is 0 Å². The summed E-state index contributed by atoms with van der Waals surface area (Å²) < 4.78 is 0. The van der Waals surface area contributed by atoms with E-state index < -0.39 is 0 Å². The van der Waals surface area contributed by atoms with Crippen LogP contribution in [0, 0.1) is 0 Å². The summed E-state index contributed by atoms with van der Waals surface area (Å²) in [5, 5.41) is 13.8. The van der Waals surface area contributed by atoms with E-state index in [0.717, 1.165) is 12.1 Å². The number of piperazine rings is 1. The number of nitrogens with one attached hydrogen (secondary N) is 1. The lowest BCUT2D eigenvalue weighted by Crippen LogP contribution is -2.67. The van der Waals surface area contributed by atoms with Crippen LogP contribution in [0.15, 0.2) is 18.2 Å². The first-order valence-corrected chi connectivity index (χ1v) is 8.31. The van der Waals surface area contributed by atoms with Crippen molar-refractivity contribution in [3.63, 3.8) is 0 Å². The van der Waals surface area contributed by atoms with E-state index in [1.807, 2.05) is 12.1 Å². The SMILES string of the molecule is CC1(C)CN(c2ccc(CO)c(Cl)c2)[C@@H]2CCCC[C@H]2N1. The summed E-state index contributed by atoms with van der Waals surface area (Å²) in [6.45, 7) is 5.53. The first-order valence-electron chi connectivity index (χ1n) is 7.94. The highest BCUT2D eigenvalue weighted by Gasteiger charge is 2.40. The van der Waals surface area contributed by atoms with Crippen molar-refractivity contribution in [3.8, 4) is 0 Å². The monoisotopic (exact) mass is 308 g/mol. The van der Waals surface area contributed by atoms with Crippen molar-refractivity contribution in [2.45, 2.75) is 63.8 Å². The predicted molar refractivity (Wildman–Crippen MR) is 88.0 cm³/mol. The largest absolute Gasteiger partial charge is 0.392 e. The minimum absolute atomic E-state index is 0.00177. The van der Waals surface area contributed by atoms with Crippen molar-refractivity contribution in [1.82, 2.24) is 5.32 Å². The summed E-state index contributed by atoms with van der Waals surface area (Å²) >= 11 is 6.29. The Kier molecular flexibility index (Phi) is 4.17. The Bertz CT molecular complexity index is 518. The van der Waals surface area contributed by atoms with Crippen LogP contribution in [0.4, 0.5) is 5.69 Å². The van der Waals surface area contributed by atoms with Gasteiger partial charge in [0.15, 0.2) is 0 Å². The molecule has 1 heterocycles. The van der Waals surface area contributed by atoms with Gasteiger partial charge in [-0.25, -0.2) is 0 Å². The molecule has 2 aliphatic rings. The van der Waals surface area contributed by atoms with Gasteiger partial charge in [0.2, 0.25) is 0 Å². The summed E-state index contributed by atoms with van der Waals surface area (Å²) in [5.41, 5.74) is 2.10. The first kappa shape index (κ1) is 15.1. The highest BCUT2D eigenvalue weighted by molar-refractivity contribution is 6.31. The molecule has 0 spiro atoms. The van der Waals surface area contributed by atoms with Gasteiger partial charge in [0.05, 0.1) is 6.61 Å². The maximum atomic E-state index is 9.28. The molecule has 0 radical (unpaired) electrons. The van der Waals surface area contributed by atoms with Crippen LogP contribution < -0.4 is 10.2 Å². The van der Waals surface area contributed by atoms with Gasteiger partial charge in [0.25, 0.3) is 0 Å². The molecule has 4 heteroatoms. The molecule has 21 heavy (non-hydrogen) atoms. The number of benzene rings is 1. The minimum atomic E-state index is -0.00177. The van der Waals surface area contributed by atoms with Gasteiger partial charge in [-0.1, -0.05) is 30.5 Å². The van der Waals surface area contributed by atoms with Crippen LogP contribution in [0.25, 0.3) is 0 Å². The topological polar surface area (TPSA) is 35.5 Å². The van der Waals surface area contributed by atoms with Crippen molar-refractivity contribution in [1.29, 1.82) is 0 Å². The lowest BCUT2D eigenvalue weighted by Gasteiger charge is -2.52. The molecule has 2 atom stereocenters. The molecule has 3 rings (SSSR count). The van der Waals surface area contributed by atoms with Gasteiger partial charge < -0.3 is 15.3 Å². The second kappa shape index (κ2) is 5.79. The van der Waals surface area contributed by atoms with Crippen LogP contribution in [0.5, 0.6) is 0 Å². The molecule has 0 amide bonds. The van der Waals surface area contributed by atoms with Crippen LogP contribution in [0.2, 0.25) is 5.02 Å². The Balaban J connectivity index is 1.92. The van der Waals surface area contributed by atoms with E-state index in [-0.39, 0.29) is 12.1 Å². The number of anilines is 1. The van der Waals surface area contributed by atoms with E-state index in [0.29, 0.717) is 17.1 Å². The molecular formula is C17H25ClN2O. The average Bonchev–Trinajstić information content (AvgIpc) is 2.45. The van der Waals surface area contributed by atoms with E-state index >= 15 is 0 Å². The van der Waals surface area contributed by atoms with E-state index in [2.05, 4.69) is 30.1 Å². The van der Waals surface area contributed by atoms with Crippen LogP contribution in [-0.4, -0.2) is 29.3 Å². The molecule has 1 aromatic rings. The second-order valence-electron chi connectivity index (χ2n) is 7.05. The summed E-state index contributed by atoms with van der Waals surface area (Å²) in [4.78, 5) is 2.52. The Morgan fingerprint density at radius 1 is 1.33 bits per heavy atom. The fourth-order valence-electron chi connectivity index (χ4n) is 3.87. The Hall–Kier alpha value is -0.770. The summed E-state index contributed by atoms with van der Waals surface area (Å²) in [7, 11) is 0. The second-order valence-corrected chi connectivity index (χ2v) is 7.46. The molecule has 0 unspecified atom stereocenters. The van der Waals surface area contributed by atoms with Crippen molar-refractivity contribution in [3.05, 3.63) is 28.8 Å². The quantitative estimate of drug-likeness (QED) is 0.879. The van der Waals surface area contributed by atoms with E-state index in [1.165, 1.54) is 31.4 Å². The normalized spacial score (nSPS) is 28.3. The number of hydrogen-bond acceptors (Lipinski definition) is 3. The molecule has 1 saturated heterocycles. The minimum Gasteiger partial charge on any atom is -0.392 e. The molecule has 0 aromatic heterocycles. The lowest BCUT2D eigenvalue weighted by molar-refractivity contribution is 0.199. The number of halogens is 1. The van der Waals surface area contributed by atoms with Gasteiger partial charge in [0, 0.05) is 34.9 Å². The fourth-order valence-corrected chi connectivity index (χ4v) is 4.10. The van der Waals surface area contributed by atoms with Crippen molar-refractivity contribution >= 4 is 17.3 Å². The standard InChI is InChI=1S/C17H25ClN2O/c1-17(2)11-20(16-6-4-3-5-15(16)19-17)13-8-7-12(10-21)14(18)9-13/h7-9,15-16,19,21H,3-6,10-11H2,1-2H3/t15-,16-/m1/s1. The van der Waals surface area contributed by atoms with Gasteiger partial charge in [0.1, 0.15) is 0 Å². The highest BCUT2D eigenvalue weighted by Crippen LogP contribution is 2.35. The highest BCUT2D eigenvalue weighted by atomic mass is 35.5. The Morgan fingerprint density at radius 3 is 2.81 bits per heavy atom. The van der Waals surface area contributed by atoms with E-state index in [4.69, 9.17) is 11.6 Å². The molecule has 2 fully saturated rings. The van der Waals surface area contributed by atoms with Gasteiger partial charge in [-0.2, -0.15) is 0 Å². The fraction of sp³-hybridized carbons (Fsp3) is 0.647. The Labute approximate surface area is 132 Å². The number of nitrogens with zero attached hydrogens (tertiary/aromatic N) is 1. The zero-order valence-electron chi connectivity index (χ0n) is 12.9. The number of aliphatic hydroxyl groups is 1. The van der Waals surface area contributed by atoms with Gasteiger partial charge in [-0.05, 0) is 44.4 Å². The molecular weight excluding hydrogens is 284 g/mol. The zero-order valence-corrected chi connectivity index (χ0v) is 13.7. The van der Waals surface area contributed by atoms with Crippen molar-refractivity contribution in [2.24, 2.45) is 0 Å². The molecule has 1 saturated carbocycles. The molecule has 2 N–H and O–H groups in total. The van der Waals surface area contributed by atoms with E-state index in [9.17, 15) is 5.11 Å². The van der Waals surface area contributed by atoms with Crippen LogP contribution in [-0.2, 0) is 6.61 Å². The Morgan fingerprint density at radius 2 is 2.10 bits per heavy atom.